The number of nitrogens with zero attached hydrogens (tertiary/aromatic N) is 2. The molecule has 1 N–H and O–H groups in total. The van der Waals surface area contributed by atoms with Crippen LogP contribution in [0.25, 0.3) is 0 Å². The van der Waals surface area contributed by atoms with E-state index in [4.69, 9.17) is 0 Å². The molecule has 24 heavy (non-hydrogen) atoms. The predicted molar refractivity (Wildman–Crippen MR) is 93.1 cm³/mol. The van der Waals surface area contributed by atoms with Gasteiger partial charge >= 0.3 is 0 Å². The van der Waals surface area contributed by atoms with Crippen molar-refractivity contribution in [1.29, 1.82) is 0 Å². The quantitative estimate of drug-likeness (QED) is 0.923. The third-order valence-corrected chi connectivity index (χ3v) is 4.47. The Balaban J connectivity index is 1.68. The van der Waals surface area contributed by atoms with E-state index in [1.807, 2.05) is 60.0 Å². The summed E-state index contributed by atoms with van der Waals surface area (Å²) >= 11 is 0. The highest BCUT2D eigenvalue weighted by atomic mass is 16.2. The van der Waals surface area contributed by atoms with Crippen molar-refractivity contribution in [2.45, 2.75) is 20.3 Å². The zero-order valence-corrected chi connectivity index (χ0v) is 14.2. The summed E-state index contributed by atoms with van der Waals surface area (Å²) in [6.07, 6.45) is 0.798. The lowest BCUT2D eigenvalue weighted by Crippen LogP contribution is -2.37. The number of aromatic amines is 1. The van der Waals surface area contributed by atoms with E-state index < -0.39 is 0 Å². The fraction of sp³-hybridized carbons (Fsp3) is 0.368. The Labute approximate surface area is 142 Å². The van der Waals surface area contributed by atoms with Crippen LogP contribution in [0.1, 0.15) is 38.5 Å². The molecule has 0 atom stereocenters. The first kappa shape index (κ1) is 16.3. The number of rotatable bonds is 2. The van der Waals surface area contributed by atoms with Gasteiger partial charge in [-0.15, -0.1) is 0 Å². The molecule has 1 aliphatic heterocycles. The van der Waals surface area contributed by atoms with Crippen molar-refractivity contribution in [1.82, 2.24) is 14.8 Å². The van der Waals surface area contributed by atoms with E-state index in [0.29, 0.717) is 31.7 Å². The number of aromatic nitrogens is 1. The molecule has 0 radical (unpaired) electrons. The van der Waals surface area contributed by atoms with Gasteiger partial charge in [-0.1, -0.05) is 18.2 Å². The lowest BCUT2D eigenvalue weighted by Gasteiger charge is -2.22. The summed E-state index contributed by atoms with van der Waals surface area (Å²) in [5.74, 6) is 0.0874. The van der Waals surface area contributed by atoms with Crippen LogP contribution < -0.4 is 0 Å². The van der Waals surface area contributed by atoms with Crippen LogP contribution >= 0.6 is 0 Å². The van der Waals surface area contributed by atoms with Gasteiger partial charge in [0.25, 0.3) is 11.8 Å². The lowest BCUT2D eigenvalue weighted by molar-refractivity contribution is 0.0718. The van der Waals surface area contributed by atoms with E-state index in [2.05, 4.69) is 4.98 Å². The van der Waals surface area contributed by atoms with Crippen LogP contribution in [0.5, 0.6) is 0 Å². The van der Waals surface area contributed by atoms with Crippen molar-refractivity contribution in [2.75, 3.05) is 26.2 Å². The molecule has 2 aromatic rings. The number of benzene rings is 1. The zero-order chi connectivity index (χ0) is 17.1. The Morgan fingerprint density at radius 1 is 0.917 bits per heavy atom. The molecule has 1 saturated heterocycles. The maximum absolute atomic E-state index is 12.7. The SMILES string of the molecule is Cc1cc(C(=O)N2CCCN(C(=O)c3ccccc3)CC2)c(C)[nH]1. The maximum atomic E-state index is 12.7. The third kappa shape index (κ3) is 3.35. The Morgan fingerprint density at radius 2 is 1.54 bits per heavy atom. The number of amides is 2. The van der Waals surface area contributed by atoms with Gasteiger partial charge < -0.3 is 14.8 Å². The van der Waals surface area contributed by atoms with Crippen LogP contribution in [0.2, 0.25) is 0 Å². The van der Waals surface area contributed by atoms with Crippen molar-refractivity contribution < 1.29 is 9.59 Å². The summed E-state index contributed by atoms with van der Waals surface area (Å²) in [7, 11) is 0. The topological polar surface area (TPSA) is 56.4 Å². The van der Waals surface area contributed by atoms with Gasteiger partial charge in [0.05, 0.1) is 5.56 Å². The molecule has 2 amide bonds. The number of hydrogen-bond acceptors (Lipinski definition) is 2. The Hall–Kier alpha value is -2.56. The van der Waals surface area contributed by atoms with E-state index in [1.54, 1.807) is 0 Å². The van der Waals surface area contributed by atoms with Gasteiger partial charge in [-0.05, 0) is 38.5 Å². The molecule has 2 heterocycles. The average molecular weight is 325 g/mol. The van der Waals surface area contributed by atoms with Crippen LogP contribution in [0, 0.1) is 13.8 Å². The predicted octanol–water partition coefficient (Wildman–Crippen LogP) is 2.62. The highest BCUT2D eigenvalue weighted by Gasteiger charge is 2.24. The normalized spacial score (nSPS) is 15.2. The van der Waals surface area contributed by atoms with Crippen molar-refractivity contribution in [3.63, 3.8) is 0 Å². The smallest absolute Gasteiger partial charge is 0.255 e. The van der Waals surface area contributed by atoms with Gasteiger partial charge in [-0.25, -0.2) is 0 Å². The number of nitrogens with one attached hydrogen (secondary N) is 1. The third-order valence-electron chi connectivity index (χ3n) is 4.47. The van der Waals surface area contributed by atoms with Crippen LogP contribution in [0.4, 0.5) is 0 Å². The second-order valence-corrected chi connectivity index (χ2v) is 6.30. The minimum atomic E-state index is 0.0403. The number of aryl methyl sites for hydroxylation is 2. The van der Waals surface area contributed by atoms with Gasteiger partial charge in [0, 0.05) is 43.1 Å². The van der Waals surface area contributed by atoms with Crippen molar-refractivity contribution in [3.05, 3.63) is 58.9 Å². The van der Waals surface area contributed by atoms with Gasteiger partial charge in [0.2, 0.25) is 0 Å². The van der Waals surface area contributed by atoms with E-state index in [9.17, 15) is 9.59 Å². The second-order valence-electron chi connectivity index (χ2n) is 6.30. The van der Waals surface area contributed by atoms with Crippen LogP contribution in [-0.2, 0) is 0 Å². The van der Waals surface area contributed by atoms with Crippen molar-refractivity contribution >= 4 is 11.8 Å². The summed E-state index contributed by atoms with van der Waals surface area (Å²) < 4.78 is 0. The molecule has 0 bridgehead atoms. The minimum absolute atomic E-state index is 0.0403. The molecule has 0 spiro atoms. The Bertz CT molecular complexity index is 736. The number of hydrogen-bond donors (Lipinski definition) is 1. The molecule has 1 aromatic heterocycles. The van der Waals surface area contributed by atoms with Crippen LogP contribution in [0.15, 0.2) is 36.4 Å². The summed E-state index contributed by atoms with van der Waals surface area (Å²) in [6, 6.07) is 11.2. The van der Waals surface area contributed by atoms with Gasteiger partial charge in [0.1, 0.15) is 0 Å². The molecular formula is C19H23N3O2. The monoisotopic (exact) mass is 325 g/mol. The van der Waals surface area contributed by atoms with Crippen molar-refractivity contribution in [3.8, 4) is 0 Å². The van der Waals surface area contributed by atoms with Crippen LogP contribution in [0.3, 0.4) is 0 Å². The summed E-state index contributed by atoms with van der Waals surface area (Å²) in [5.41, 5.74) is 3.33. The molecule has 0 aliphatic carbocycles. The largest absolute Gasteiger partial charge is 0.362 e. The fourth-order valence-electron chi connectivity index (χ4n) is 3.20. The van der Waals surface area contributed by atoms with Gasteiger partial charge in [-0.3, -0.25) is 9.59 Å². The minimum Gasteiger partial charge on any atom is -0.362 e. The van der Waals surface area contributed by atoms with E-state index >= 15 is 0 Å². The molecule has 1 aliphatic rings. The zero-order valence-electron chi connectivity index (χ0n) is 14.2. The molecule has 3 rings (SSSR count). The highest BCUT2D eigenvalue weighted by Crippen LogP contribution is 2.15. The van der Waals surface area contributed by atoms with Gasteiger partial charge in [-0.2, -0.15) is 0 Å². The van der Waals surface area contributed by atoms with E-state index in [0.717, 1.165) is 23.4 Å². The lowest BCUT2D eigenvalue weighted by atomic mass is 10.2. The molecular weight excluding hydrogens is 302 g/mol. The van der Waals surface area contributed by atoms with Crippen molar-refractivity contribution in [2.24, 2.45) is 0 Å². The summed E-state index contributed by atoms with van der Waals surface area (Å²) in [6.45, 7) is 6.38. The Kier molecular flexibility index (Phi) is 4.69. The highest BCUT2D eigenvalue weighted by molar-refractivity contribution is 5.96. The van der Waals surface area contributed by atoms with E-state index in [1.165, 1.54) is 0 Å². The molecule has 126 valence electrons. The first-order valence-corrected chi connectivity index (χ1v) is 8.36. The summed E-state index contributed by atoms with van der Waals surface area (Å²) in [4.78, 5) is 32.2. The first-order chi connectivity index (χ1) is 11.6. The van der Waals surface area contributed by atoms with Crippen LogP contribution in [-0.4, -0.2) is 52.8 Å². The molecule has 5 heteroatoms. The van der Waals surface area contributed by atoms with Gasteiger partial charge in [0.15, 0.2) is 0 Å². The van der Waals surface area contributed by atoms with E-state index in [-0.39, 0.29) is 11.8 Å². The maximum Gasteiger partial charge on any atom is 0.255 e. The molecule has 1 fully saturated rings. The molecule has 1 aromatic carbocycles. The average Bonchev–Trinajstić information content (AvgIpc) is 2.79. The molecule has 0 saturated carbocycles. The number of H-pyrrole nitrogens is 1. The molecule has 5 nitrogen and oxygen atoms in total. The fourth-order valence-corrected chi connectivity index (χ4v) is 3.20. The summed E-state index contributed by atoms with van der Waals surface area (Å²) in [5, 5.41) is 0. The first-order valence-electron chi connectivity index (χ1n) is 8.36. The number of carbonyl (C=O) groups excluding carboxylic acids is 2. The molecule has 0 unspecified atom stereocenters. The number of carbonyl (C=O) groups is 2. The second kappa shape index (κ2) is 6.91. The Morgan fingerprint density at radius 3 is 2.12 bits per heavy atom. The standard InChI is InChI=1S/C19H23N3O2/c1-14-13-17(15(2)20-14)19(24)22-10-6-9-21(11-12-22)18(23)16-7-4-3-5-8-16/h3-5,7-8,13,20H,6,9-12H2,1-2H3.